The highest BCUT2D eigenvalue weighted by molar-refractivity contribution is 6.31. The summed E-state index contributed by atoms with van der Waals surface area (Å²) in [4.78, 5) is 0. The minimum Gasteiger partial charge on any atom is -0.382 e. The highest BCUT2D eigenvalue weighted by atomic mass is 35.5. The average molecular weight is 294 g/mol. The van der Waals surface area contributed by atoms with Crippen LogP contribution in [0.15, 0.2) is 18.2 Å². The third-order valence-corrected chi connectivity index (χ3v) is 3.46. The molecule has 1 aliphatic heterocycles. The van der Waals surface area contributed by atoms with Crippen molar-refractivity contribution in [1.29, 1.82) is 0 Å². The third kappa shape index (κ3) is 3.76. The summed E-state index contributed by atoms with van der Waals surface area (Å²) < 4.78 is 43.6. The lowest BCUT2D eigenvalue weighted by molar-refractivity contribution is -0.137. The molecule has 106 valence electrons. The van der Waals surface area contributed by atoms with E-state index in [4.69, 9.17) is 16.3 Å². The van der Waals surface area contributed by atoms with Crippen molar-refractivity contribution in [2.45, 2.75) is 38.1 Å². The molecule has 0 amide bonds. The van der Waals surface area contributed by atoms with Crippen molar-refractivity contribution in [3.8, 4) is 0 Å². The molecule has 0 spiro atoms. The fraction of sp³-hybridized carbons (Fsp3) is 0.538. The molecule has 2 atom stereocenters. The first kappa shape index (κ1) is 14.5. The molecule has 0 aromatic heterocycles. The van der Waals surface area contributed by atoms with Gasteiger partial charge in [0.1, 0.15) is 0 Å². The van der Waals surface area contributed by atoms with Crippen molar-refractivity contribution in [1.82, 2.24) is 0 Å². The van der Waals surface area contributed by atoms with E-state index in [1.165, 1.54) is 6.07 Å². The van der Waals surface area contributed by atoms with Crippen LogP contribution in [0, 0.1) is 0 Å². The Labute approximate surface area is 114 Å². The minimum atomic E-state index is -4.43. The molecule has 1 aromatic rings. The van der Waals surface area contributed by atoms with Gasteiger partial charge in [0.2, 0.25) is 0 Å². The Morgan fingerprint density at radius 3 is 2.74 bits per heavy atom. The lowest BCUT2D eigenvalue weighted by Crippen LogP contribution is -2.32. The van der Waals surface area contributed by atoms with Gasteiger partial charge in [0, 0.05) is 18.3 Å². The van der Waals surface area contributed by atoms with Crippen molar-refractivity contribution in [3.63, 3.8) is 0 Å². The number of hydrogen-bond acceptors (Lipinski definition) is 2. The molecule has 0 radical (unpaired) electrons. The standard InChI is InChI=1S/C13H15ClF3NO/c1-8-6-10(4-5-19-8)18-9-2-3-12(14)11(7-9)13(15,16)17/h2-3,7-8,10,18H,4-6H2,1H3. The largest absolute Gasteiger partial charge is 0.417 e. The number of rotatable bonds is 2. The zero-order valence-corrected chi connectivity index (χ0v) is 11.2. The second kappa shape index (κ2) is 5.59. The number of ether oxygens (including phenoxy) is 1. The molecule has 2 nitrogen and oxygen atoms in total. The molecular weight excluding hydrogens is 279 g/mol. The number of halogens is 4. The Morgan fingerprint density at radius 2 is 2.11 bits per heavy atom. The predicted molar refractivity (Wildman–Crippen MR) is 68.5 cm³/mol. The van der Waals surface area contributed by atoms with Crippen LogP contribution in [0.3, 0.4) is 0 Å². The van der Waals surface area contributed by atoms with E-state index in [1.54, 1.807) is 6.07 Å². The maximum absolute atomic E-state index is 12.7. The first-order chi connectivity index (χ1) is 8.86. The van der Waals surface area contributed by atoms with Crippen molar-refractivity contribution >= 4 is 17.3 Å². The molecular formula is C13H15ClF3NO. The van der Waals surface area contributed by atoms with E-state index in [9.17, 15) is 13.2 Å². The maximum Gasteiger partial charge on any atom is 0.417 e. The molecule has 6 heteroatoms. The average Bonchev–Trinajstić information content (AvgIpc) is 2.30. The number of nitrogens with one attached hydrogen (secondary N) is 1. The van der Waals surface area contributed by atoms with Gasteiger partial charge in [0.15, 0.2) is 0 Å². The SMILES string of the molecule is CC1CC(Nc2ccc(Cl)c(C(F)(F)F)c2)CCO1. The number of hydrogen-bond donors (Lipinski definition) is 1. The van der Waals surface area contributed by atoms with Gasteiger partial charge in [0.05, 0.1) is 16.7 Å². The van der Waals surface area contributed by atoms with Gasteiger partial charge < -0.3 is 10.1 Å². The van der Waals surface area contributed by atoms with Gasteiger partial charge in [-0.1, -0.05) is 11.6 Å². The monoisotopic (exact) mass is 293 g/mol. The summed E-state index contributed by atoms with van der Waals surface area (Å²) in [5.74, 6) is 0. The predicted octanol–water partition coefficient (Wildman–Crippen LogP) is 4.34. The molecule has 1 saturated heterocycles. The van der Waals surface area contributed by atoms with E-state index in [0.717, 1.165) is 18.9 Å². The molecule has 1 aromatic carbocycles. The fourth-order valence-corrected chi connectivity index (χ4v) is 2.42. The Morgan fingerprint density at radius 1 is 1.37 bits per heavy atom. The first-order valence-electron chi connectivity index (χ1n) is 6.11. The summed E-state index contributed by atoms with van der Waals surface area (Å²) in [5.41, 5.74) is -0.366. The van der Waals surface area contributed by atoms with Crippen LogP contribution in [0.2, 0.25) is 5.02 Å². The van der Waals surface area contributed by atoms with Crippen LogP contribution in [0.4, 0.5) is 18.9 Å². The Hall–Kier alpha value is -0.940. The molecule has 1 aliphatic rings. The smallest absolute Gasteiger partial charge is 0.382 e. The highest BCUT2D eigenvalue weighted by Crippen LogP contribution is 2.36. The van der Waals surface area contributed by atoms with Crippen molar-refractivity contribution < 1.29 is 17.9 Å². The summed E-state index contributed by atoms with van der Waals surface area (Å²) in [6.07, 6.45) is -2.74. The summed E-state index contributed by atoms with van der Waals surface area (Å²) in [7, 11) is 0. The molecule has 2 rings (SSSR count). The van der Waals surface area contributed by atoms with E-state index in [2.05, 4.69) is 5.32 Å². The van der Waals surface area contributed by atoms with Gasteiger partial charge in [-0.25, -0.2) is 0 Å². The van der Waals surface area contributed by atoms with Gasteiger partial charge in [-0.2, -0.15) is 13.2 Å². The van der Waals surface area contributed by atoms with Crippen LogP contribution >= 0.6 is 11.6 Å². The zero-order valence-electron chi connectivity index (χ0n) is 10.4. The van der Waals surface area contributed by atoms with Crippen LogP contribution in [0.5, 0.6) is 0 Å². The number of alkyl halides is 3. The zero-order chi connectivity index (χ0) is 14.0. The lowest BCUT2D eigenvalue weighted by atomic mass is 10.0. The van der Waals surface area contributed by atoms with Gasteiger partial charge >= 0.3 is 6.18 Å². The van der Waals surface area contributed by atoms with Crippen LogP contribution in [0.1, 0.15) is 25.3 Å². The van der Waals surface area contributed by atoms with Gasteiger partial charge in [-0.05, 0) is 38.0 Å². The molecule has 1 heterocycles. The van der Waals surface area contributed by atoms with Crippen molar-refractivity contribution in [2.75, 3.05) is 11.9 Å². The number of anilines is 1. The topological polar surface area (TPSA) is 21.3 Å². The second-order valence-corrected chi connectivity index (χ2v) is 5.15. The Balaban J connectivity index is 2.13. The van der Waals surface area contributed by atoms with Crippen LogP contribution in [0.25, 0.3) is 0 Å². The van der Waals surface area contributed by atoms with E-state index in [1.807, 2.05) is 6.92 Å². The molecule has 2 unspecified atom stereocenters. The van der Waals surface area contributed by atoms with Crippen molar-refractivity contribution in [2.24, 2.45) is 0 Å². The second-order valence-electron chi connectivity index (χ2n) is 4.74. The summed E-state index contributed by atoms with van der Waals surface area (Å²) >= 11 is 5.58. The van der Waals surface area contributed by atoms with Crippen LogP contribution in [-0.2, 0) is 10.9 Å². The van der Waals surface area contributed by atoms with E-state index >= 15 is 0 Å². The molecule has 0 bridgehead atoms. The number of benzene rings is 1. The molecule has 1 N–H and O–H groups in total. The first-order valence-corrected chi connectivity index (χ1v) is 6.49. The summed E-state index contributed by atoms with van der Waals surface area (Å²) in [6.45, 7) is 2.58. The van der Waals surface area contributed by atoms with Gasteiger partial charge in [-0.3, -0.25) is 0 Å². The van der Waals surface area contributed by atoms with Gasteiger partial charge in [-0.15, -0.1) is 0 Å². The minimum absolute atomic E-state index is 0.126. The Kier molecular flexibility index (Phi) is 4.26. The molecule has 0 saturated carbocycles. The quantitative estimate of drug-likeness (QED) is 0.876. The van der Waals surface area contributed by atoms with E-state index in [0.29, 0.717) is 12.3 Å². The summed E-state index contributed by atoms with van der Waals surface area (Å²) in [6, 6.07) is 4.03. The third-order valence-electron chi connectivity index (χ3n) is 3.13. The molecule has 0 aliphatic carbocycles. The molecule has 19 heavy (non-hydrogen) atoms. The lowest BCUT2D eigenvalue weighted by Gasteiger charge is -2.29. The maximum atomic E-state index is 12.7. The molecule has 1 fully saturated rings. The summed E-state index contributed by atoms with van der Waals surface area (Å²) in [5, 5.41) is 2.83. The van der Waals surface area contributed by atoms with E-state index in [-0.39, 0.29) is 17.2 Å². The van der Waals surface area contributed by atoms with E-state index < -0.39 is 11.7 Å². The van der Waals surface area contributed by atoms with Gasteiger partial charge in [0.25, 0.3) is 0 Å². The normalized spacial score (nSPS) is 24.3. The van der Waals surface area contributed by atoms with Crippen LogP contribution < -0.4 is 5.32 Å². The van der Waals surface area contributed by atoms with Crippen molar-refractivity contribution in [3.05, 3.63) is 28.8 Å². The Bertz CT molecular complexity index is 450. The fourth-order valence-electron chi connectivity index (χ4n) is 2.20. The highest BCUT2D eigenvalue weighted by Gasteiger charge is 2.33. The van der Waals surface area contributed by atoms with Crippen LogP contribution in [-0.4, -0.2) is 18.8 Å².